The highest BCUT2D eigenvalue weighted by Gasteiger charge is 2.30. The van der Waals surface area contributed by atoms with Crippen molar-refractivity contribution in [1.82, 2.24) is 0 Å². The maximum Gasteiger partial charge on any atom is 0.472 e. The van der Waals surface area contributed by atoms with E-state index in [9.17, 15) is 43.2 Å². The molecule has 0 aliphatic heterocycles. The molecule has 0 aromatic heterocycles. The van der Waals surface area contributed by atoms with Crippen LogP contribution in [0.5, 0.6) is 0 Å². The molecule has 0 heterocycles. The standard InChI is InChI=1S/C83H152O17P2/c1-5-9-13-17-21-25-29-33-37-38-42-44-48-52-56-60-64-68-81(86)94-74-79(100-83(88)70-66-62-58-54-50-46-41-36-32-28-24-20-16-12-8-4)76-98-102(91,92)96-72-77(84)71-95-101(89,90)97-75-78(99-82(87)69-65-61-57-53-49-45-40-35-31-27-23-19-15-11-7-3)73-93-80(85)67-63-59-55-51-47-43-39-34-30-26-22-18-14-10-6-2/h22,24,26,28,34-36,39-41,77-79,84H,5-21,23,25,27,29-33,37-38,42-76H2,1-4H3,(H,89,90)(H,91,92)/b26-22-,28-24-,39-34-,40-35-,41-36-/t77-,78+,79+/m0/s1. The summed E-state index contributed by atoms with van der Waals surface area (Å²) in [4.78, 5) is 73.1. The maximum atomic E-state index is 13.1. The summed E-state index contributed by atoms with van der Waals surface area (Å²) >= 11 is 0. The molecule has 19 heteroatoms. The van der Waals surface area contributed by atoms with Gasteiger partial charge < -0.3 is 33.8 Å². The van der Waals surface area contributed by atoms with Gasteiger partial charge in [0.1, 0.15) is 19.3 Å². The first-order chi connectivity index (χ1) is 49.7. The van der Waals surface area contributed by atoms with E-state index < -0.39 is 97.5 Å². The second-order valence-electron chi connectivity index (χ2n) is 28.1. The third kappa shape index (κ3) is 75.0. The van der Waals surface area contributed by atoms with Crippen molar-refractivity contribution >= 4 is 39.5 Å². The third-order valence-electron chi connectivity index (χ3n) is 18.0. The molecule has 5 atom stereocenters. The number of aliphatic hydroxyl groups is 1. The third-order valence-corrected chi connectivity index (χ3v) is 19.9. The average Bonchev–Trinajstić information content (AvgIpc) is 0.926. The average molecular weight is 1480 g/mol. The van der Waals surface area contributed by atoms with Gasteiger partial charge in [0, 0.05) is 25.7 Å². The van der Waals surface area contributed by atoms with E-state index in [0.717, 1.165) is 148 Å². The maximum absolute atomic E-state index is 13.1. The fourth-order valence-electron chi connectivity index (χ4n) is 11.6. The zero-order valence-corrected chi connectivity index (χ0v) is 67.1. The number of carbonyl (C=O) groups is 4. The van der Waals surface area contributed by atoms with Gasteiger partial charge in [-0.15, -0.1) is 0 Å². The fraction of sp³-hybridized carbons (Fsp3) is 0.831. The molecule has 0 aromatic rings. The van der Waals surface area contributed by atoms with Crippen molar-refractivity contribution in [3.63, 3.8) is 0 Å². The summed E-state index contributed by atoms with van der Waals surface area (Å²) in [7, 11) is -9.95. The lowest BCUT2D eigenvalue weighted by molar-refractivity contribution is -0.161. The van der Waals surface area contributed by atoms with Gasteiger partial charge in [-0.3, -0.25) is 37.3 Å². The van der Waals surface area contributed by atoms with E-state index in [1.54, 1.807) is 0 Å². The van der Waals surface area contributed by atoms with E-state index in [0.29, 0.717) is 25.7 Å². The van der Waals surface area contributed by atoms with Gasteiger partial charge in [-0.05, 0) is 116 Å². The molecule has 0 radical (unpaired) electrons. The van der Waals surface area contributed by atoms with Crippen molar-refractivity contribution in [1.29, 1.82) is 0 Å². The Morgan fingerprint density at radius 2 is 0.480 bits per heavy atom. The van der Waals surface area contributed by atoms with Crippen molar-refractivity contribution in [2.75, 3.05) is 39.6 Å². The van der Waals surface area contributed by atoms with Crippen LogP contribution in [0.3, 0.4) is 0 Å². The van der Waals surface area contributed by atoms with Crippen molar-refractivity contribution in [2.45, 2.75) is 406 Å². The van der Waals surface area contributed by atoms with Gasteiger partial charge in [-0.25, -0.2) is 9.13 Å². The van der Waals surface area contributed by atoms with E-state index >= 15 is 0 Å². The number of phosphoric ester groups is 2. The second kappa shape index (κ2) is 76.0. The minimum Gasteiger partial charge on any atom is -0.462 e. The van der Waals surface area contributed by atoms with Crippen molar-refractivity contribution < 1.29 is 80.2 Å². The SMILES string of the molecule is CCCCC/C=C\C/C=C\CCCCCCCC(=O)OC[C@H](COP(=O)(O)OC[C@H](O)COP(=O)(O)OC[C@@H](COC(=O)CCCCCCCCCCCCCCCCCCC)OC(=O)CCCCCCC/C=C\C/C=C\CCCCC)OC(=O)CCCCCCC/C=C\CCCCCCCC. The molecule has 17 nitrogen and oxygen atoms in total. The summed E-state index contributed by atoms with van der Waals surface area (Å²) in [5.41, 5.74) is 0. The van der Waals surface area contributed by atoms with Crippen molar-refractivity contribution in [2.24, 2.45) is 0 Å². The number of hydrogen-bond acceptors (Lipinski definition) is 15. The number of hydrogen-bond donors (Lipinski definition) is 3. The molecular weight excluding hydrogens is 1330 g/mol. The molecule has 0 fully saturated rings. The molecule has 0 spiro atoms. The Hall–Kier alpha value is -3.24. The molecule has 2 unspecified atom stereocenters. The normalized spacial score (nSPS) is 14.1. The monoisotopic (exact) mass is 1480 g/mol. The molecule has 102 heavy (non-hydrogen) atoms. The zero-order valence-electron chi connectivity index (χ0n) is 65.3. The smallest absolute Gasteiger partial charge is 0.462 e. The lowest BCUT2D eigenvalue weighted by Gasteiger charge is -2.21. The van der Waals surface area contributed by atoms with Gasteiger partial charge >= 0.3 is 39.5 Å². The van der Waals surface area contributed by atoms with Crippen molar-refractivity contribution in [3.8, 4) is 0 Å². The number of esters is 4. The first-order valence-corrected chi connectivity index (χ1v) is 44.5. The summed E-state index contributed by atoms with van der Waals surface area (Å²) in [5.74, 6) is -2.18. The van der Waals surface area contributed by atoms with E-state index in [2.05, 4.69) is 88.5 Å². The van der Waals surface area contributed by atoms with Crippen LogP contribution in [-0.2, 0) is 65.4 Å². The quantitative estimate of drug-likeness (QED) is 0.0169. The highest BCUT2D eigenvalue weighted by Crippen LogP contribution is 2.45. The number of allylic oxidation sites excluding steroid dienone is 10. The Bertz CT molecular complexity index is 2170. The molecule has 0 bridgehead atoms. The lowest BCUT2D eigenvalue weighted by atomic mass is 10.0. The van der Waals surface area contributed by atoms with Gasteiger partial charge in [-0.2, -0.15) is 0 Å². The molecule has 3 N–H and O–H groups in total. The van der Waals surface area contributed by atoms with Crippen LogP contribution in [0.25, 0.3) is 0 Å². The van der Waals surface area contributed by atoms with Crippen LogP contribution < -0.4 is 0 Å². The van der Waals surface area contributed by atoms with Crippen LogP contribution in [0.4, 0.5) is 0 Å². The van der Waals surface area contributed by atoms with Crippen LogP contribution in [-0.4, -0.2) is 96.7 Å². The molecule has 0 amide bonds. The zero-order chi connectivity index (χ0) is 74.6. The number of aliphatic hydroxyl groups excluding tert-OH is 1. The topological polar surface area (TPSA) is 237 Å². The molecule has 0 rings (SSSR count). The van der Waals surface area contributed by atoms with E-state index in [4.69, 9.17) is 37.0 Å². The Kier molecular flexibility index (Phi) is 73.6. The predicted octanol–water partition coefficient (Wildman–Crippen LogP) is 24.2. The van der Waals surface area contributed by atoms with Gasteiger partial charge in [0.2, 0.25) is 0 Å². The Morgan fingerprint density at radius 3 is 0.755 bits per heavy atom. The van der Waals surface area contributed by atoms with E-state index in [1.807, 2.05) is 0 Å². The second-order valence-corrected chi connectivity index (χ2v) is 31.0. The summed E-state index contributed by atoms with van der Waals surface area (Å²) in [6, 6.07) is 0. The summed E-state index contributed by atoms with van der Waals surface area (Å²) in [5, 5.41) is 10.6. The molecule has 0 aromatic carbocycles. The van der Waals surface area contributed by atoms with Crippen LogP contribution >= 0.6 is 15.6 Å². The van der Waals surface area contributed by atoms with Crippen LogP contribution in [0.1, 0.15) is 387 Å². The van der Waals surface area contributed by atoms with Gasteiger partial charge in [0.05, 0.1) is 26.4 Å². The highest BCUT2D eigenvalue weighted by atomic mass is 31.2. The Labute approximate surface area is 622 Å². The molecule has 0 saturated heterocycles. The summed E-state index contributed by atoms with van der Waals surface area (Å²) in [6.45, 7) is 4.87. The number of rotatable bonds is 79. The minimum atomic E-state index is -4.98. The Morgan fingerprint density at radius 1 is 0.275 bits per heavy atom. The first kappa shape index (κ1) is 98.8. The van der Waals surface area contributed by atoms with Crippen LogP contribution in [0, 0.1) is 0 Å². The molecule has 596 valence electrons. The molecule has 0 aliphatic rings. The number of carbonyl (C=O) groups excluding carboxylic acids is 4. The van der Waals surface area contributed by atoms with E-state index in [1.165, 1.54) is 161 Å². The number of ether oxygens (including phenoxy) is 4. The predicted molar refractivity (Wildman–Crippen MR) is 418 cm³/mol. The van der Waals surface area contributed by atoms with Gasteiger partial charge in [0.25, 0.3) is 0 Å². The summed E-state index contributed by atoms with van der Waals surface area (Å²) < 4.78 is 68.7. The van der Waals surface area contributed by atoms with E-state index in [-0.39, 0.29) is 25.7 Å². The minimum absolute atomic E-state index is 0.0840. The number of phosphoric acid groups is 2. The Balaban J connectivity index is 5.34. The first-order valence-electron chi connectivity index (χ1n) is 41.5. The lowest BCUT2D eigenvalue weighted by Crippen LogP contribution is -2.30. The summed E-state index contributed by atoms with van der Waals surface area (Å²) in [6.07, 6.45) is 76.1. The highest BCUT2D eigenvalue weighted by molar-refractivity contribution is 7.47. The fourth-order valence-corrected chi connectivity index (χ4v) is 13.2. The van der Waals surface area contributed by atoms with Crippen molar-refractivity contribution in [3.05, 3.63) is 60.8 Å². The van der Waals surface area contributed by atoms with Crippen LogP contribution in [0.15, 0.2) is 60.8 Å². The largest absolute Gasteiger partial charge is 0.472 e. The molecule has 0 saturated carbocycles. The van der Waals surface area contributed by atoms with Crippen LogP contribution in [0.2, 0.25) is 0 Å². The van der Waals surface area contributed by atoms with Gasteiger partial charge in [-0.1, -0.05) is 307 Å². The molecule has 0 aliphatic carbocycles. The molecular formula is C83H152O17P2. The number of unbranched alkanes of at least 4 members (excludes halogenated alkanes) is 43. The van der Waals surface area contributed by atoms with Gasteiger partial charge in [0.15, 0.2) is 12.2 Å².